The fourth-order valence-electron chi connectivity index (χ4n) is 2.87. The first-order chi connectivity index (χ1) is 12.8. The summed E-state index contributed by atoms with van der Waals surface area (Å²) >= 11 is 0. The lowest BCUT2D eigenvalue weighted by Crippen LogP contribution is -2.28. The maximum absolute atomic E-state index is 12.8. The molecule has 3 aromatic rings. The number of nitrogens with zero attached hydrogens (tertiary/aromatic N) is 1. The fourth-order valence-corrected chi connectivity index (χ4v) is 2.87. The van der Waals surface area contributed by atoms with E-state index >= 15 is 0 Å². The molecule has 2 N–H and O–H groups in total. The maximum Gasteiger partial charge on any atom is 0.407 e. The van der Waals surface area contributed by atoms with E-state index in [0.29, 0.717) is 13.0 Å². The molecule has 3 nitrogen and oxygen atoms in total. The Morgan fingerprint density at radius 2 is 1.59 bits per heavy atom. The van der Waals surface area contributed by atoms with Crippen LogP contribution in [-0.2, 0) is 13.0 Å². The molecule has 3 rings (SSSR count). The van der Waals surface area contributed by atoms with Crippen molar-refractivity contribution >= 4 is 0 Å². The predicted octanol–water partition coefficient (Wildman–Crippen LogP) is 4.05. The van der Waals surface area contributed by atoms with Crippen molar-refractivity contribution in [3.63, 3.8) is 0 Å². The van der Waals surface area contributed by atoms with E-state index in [-0.39, 0.29) is 11.1 Å². The zero-order chi connectivity index (χ0) is 19.4. The first kappa shape index (κ1) is 18.9. The lowest BCUT2D eigenvalue weighted by atomic mass is 9.99. The highest BCUT2D eigenvalue weighted by Gasteiger charge is 2.37. The Kier molecular flexibility index (Phi) is 5.46. The Morgan fingerprint density at radius 1 is 0.889 bits per heavy atom. The molecule has 140 valence electrons. The standard InChI is InChI=1S/C21H19F3N2O/c22-21(23,24)20(25)18-5-3-4-17(13-18)12-15-7-9-16(10-8-15)14-26-11-2-1-6-19(26)27/h1-11,13,20H,12,14,25H2. The van der Waals surface area contributed by atoms with Crippen LogP contribution in [0.5, 0.6) is 0 Å². The third kappa shape index (κ3) is 4.86. The molecular formula is C21H19F3N2O. The first-order valence-electron chi connectivity index (χ1n) is 8.47. The van der Waals surface area contributed by atoms with Gasteiger partial charge in [0.2, 0.25) is 0 Å². The van der Waals surface area contributed by atoms with Crippen molar-refractivity contribution in [3.8, 4) is 0 Å². The number of aromatic nitrogens is 1. The molecule has 6 heteroatoms. The normalized spacial score (nSPS) is 12.7. The lowest BCUT2D eigenvalue weighted by molar-refractivity contribution is -0.149. The van der Waals surface area contributed by atoms with Crippen LogP contribution >= 0.6 is 0 Å². The van der Waals surface area contributed by atoms with Gasteiger partial charge in [-0.3, -0.25) is 4.79 Å². The van der Waals surface area contributed by atoms with Crippen LogP contribution in [0.2, 0.25) is 0 Å². The van der Waals surface area contributed by atoms with Crippen molar-refractivity contribution in [1.82, 2.24) is 4.57 Å². The van der Waals surface area contributed by atoms with Crippen molar-refractivity contribution in [2.75, 3.05) is 0 Å². The molecule has 0 aliphatic carbocycles. The molecule has 2 aromatic carbocycles. The summed E-state index contributed by atoms with van der Waals surface area (Å²) in [7, 11) is 0. The monoisotopic (exact) mass is 372 g/mol. The van der Waals surface area contributed by atoms with Gasteiger partial charge in [0.1, 0.15) is 6.04 Å². The van der Waals surface area contributed by atoms with E-state index in [4.69, 9.17) is 5.73 Å². The van der Waals surface area contributed by atoms with Crippen molar-refractivity contribution in [3.05, 3.63) is 106 Å². The number of hydrogen-bond acceptors (Lipinski definition) is 2. The van der Waals surface area contributed by atoms with Crippen LogP contribution in [0.1, 0.15) is 28.3 Å². The summed E-state index contributed by atoms with van der Waals surface area (Å²) in [6.07, 6.45) is -2.23. The molecule has 0 spiro atoms. The summed E-state index contributed by atoms with van der Waals surface area (Å²) < 4.78 is 40.0. The van der Waals surface area contributed by atoms with Gasteiger partial charge in [-0.2, -0.15) is 13.2 Å². The second-order valence-electron chi connectivity index (χ2n) is 6.42. The molecule has 0 saturated heterocycles. The number of pyridine rings is 1. The number of hydrogen-bond donors (Lipinski definition) is 1. The van der Waals surface area contributed by atoms with Gasteiger partial charge in [0, 0.05) is 12.3 Å². The number of alkyl halides is 3. The van der Waals surface area contributed by atoms with Gasteiger partial charge >= 0.3 is 6.18 Å². The van der Waals surface area contributed by atoms with Gasteiger partial charge in [-0.1, -0.05) is 54.6 Å². The molecule has 0 aliphatic heterocycles. The molecule has 1 unspecified atom stereocenters. The minimum absolute atomic E-state index is 0.0556. The minimum atomic E-state index is -4.46. The largest absolute Gasteiger partial charge is 0.407 e. The Hall–Kier alpha value is -2.86. The van der Waals surface area contributed by atoms with E-state index in [2.05, 4.69) is 0 Å². The van der Waals surface area contributed by atoms with E-state index in [1.807, 2.05) is 24.3 Å². The van der Waals surface area contributed by atoms with Crippen LogP contribution < -0.4 is 11.3 Å². The Labute approximate surface area is 154 Å². The van der Waals surface area contributed by atoms with Gasteiger partial charge in [-0.15, -0.1) is 0 Å². The third-order valence-electron chi connectivity index (χ3n) is 4.35. The average Bonchev–Trinajstić information content (AvgIpc) is 2.64. The summed E-state index contributed by atoms with van der Waals surface area (Å²) in [4.78, 5) is 11.8. The van der Waals surface area contributed by atoms with E-state index < -0.39 is 12.2 Å². The molecule has 27 heavy (non-hydrogen) atoms. The third-order valence-corrected chi connectivity index (χ3v) is 4.35. The lowest BCUT2D eigenvalue weighted by Gasteiger charge is -2.16. The Morgan fingerprint density at radius 3 is 2.26 bits per heavy atom. The zero-order valence-corrected chi connectivity index (χ0v) is 14.5. The number of rotatable bonds is 5. The summed E-state index contributed by atoms with van der Waals surface area (Å²) in [6.45, 7) is 0.468. The van der Waals surface area contributed by atoms with Crippen LogP contribution in [0, 0.1) is 0 Å². The molecule has 0 radical (unpaired) electrons. The number of nitrogens with two attached hydrogens (primary N) is 1. The predicted molar refractivity (Wildman–Crippen MR) is 98.5 cm³/mol. The van der Waals surface area contributed by atoms with Crippen molar-refractivity contribution < 1.29 is 13.2 Å². The van der Waals surface area contributed by atoms with Crippen molar-refractivity contribution in [2.45, 2.75) is 25.2 Å². The molecule has 1 atom stereocenters. The van der Waals surface area contributed by atoms with Gasteiger partial charge in [0.05, 0.1) is 6.54 Å². The maximum atomic E-state index is 12.8. The molecule has 0 saturated carbocycles. The van der Waals surface area contributed by atoms with Gasteiger partial charge in [0.25, 0.3) is 5.56 Å². The number of halogens is 3. The number of benzene rings is 2. The van der Waals surface area contributed by atoms with E-state index in [1.165, 1.54) is 18.2 Å². The van der Waals surface area contributed by atoms with Crippen LogP contribution in [0.25, 0.3) is 0 Å². The molecule has 0 amide bonds. The average molecular weight is 372 g/mol. The van der Waals surface area contributed by atoms with Crippen LogP contribution in [0.4, 0.5) is 13.2 Å². The second-order valence-corrected chi connectivity index (χ2v) is 6.42. The fraction of sp³-hybridized carbons (Fsp3) is 0.190. The highest BCUT2D eigenvalue weighted by Crippen LogP contribution is 2.30. The van der Waals surface area contributed by atoms with E-state index in [1.54, 1.807) is 35.0 Å². The topological polar surface area (TPSA) is 48.0 Å². The Bertz CT molecular complexity index is 962. The highest BCUT2D eigenvalue weighted by atomic mass is 19.4. The van der Waals surface area contributed by atoms with Gasteiger partial charge < -0.3 is 10.3 Å². The second kappa shape index (κ2) is 7.80. The molecular weight excluding hydrogens is 353 g/mol. The first-order valence-corrected chi connectivity index (χ1v) is 8.47. The van der Waals surface area contributed by atoms with E-state index in [0.717, 1.165) is 16.7 Å². The quantitative estimate of drug-likeness (QED) is 0.735. The SMILES string of the molecule is NC(c1cccc(Cc2ccc(Cn3ccccc3=O)cc2)c1)C(F)(F)F. The summed E-state index contributed by atoms with van der Waals surface area (Å²) in [5.74, 6) is 0. The van der Waals surface area contributed by atoms with E-state index in [9.17, 15) is 18.0 Å². The van der Waals surface area contributed by atoms with Gasteiger partial charge in [0.15, 0.2) is 0 Å². The van der Waals surface area contributed by atoms with Gasteiger partial charge in [-0.05, 0) is 34.7 Å². The molecule has 1 aromatic heterocycles. The van der Waals surface area contributed by atoms with Crippen molar-refractivity contribution in [2.24, 2.45) is 5.73 Å². The Balaban J connectivity index is 1.72. The summed E-state index contributed by atoms with van der Waals surface area (Å²) in [5, 5.41) is 0. The smallest absolute Gasteiger partial charge is 0.316 e. The highest BCUT2D eigenvalue weighted by molar-refractivity contribution is 5.32. The molecule has 0 aliphatic rings. The summed E-state index contributed by atoms with van der Waals surface area (Å²) in [5.41, 5.74) is 7.98. The minimum Gasteiger partial charge on any atom is -0.316 e. The van der Waals surface area contributed by atoms with Gasteiger partial charge in [-0.25, -0.2) is 0 Å². The zero-order valence-electron chi connectivity index (χ0n) is 14.5. The van der Waals surface area contributed by atoms with Crippen LogP contribution in [0.15, 0.2) is 77.7 Å². The molecule has 0 bridgehead atoms. The molecule has 0 fully saturated rings. The van der Waals surface area contributed by atoms with Crippen LogP contribution in [0.3, 0.4) is 0 Å². The van der Waals surface area contributed by atoms with Crippen LogP contribution in [-0.4, -0.2) is 10.7 Å². The van der Waals surface area contributed by atoms with Crippen molar-refractivity contribution in [1.29, 1.82) is 0 Å². The summed E-state index contributed by atoms with van der Waals surface area (Å²) in [6, 6.07) is 16.9. The molecule has 1 heterocycles.